The fourth-order valence-corrected chi connectivity index (χ4v) is 2.93. The van der Waals surface area contributed by atoms with E-state index in [1.54, 1.807) is 0 Å². The zero-order chi connectivity index (χ0) is 13.2. The maximum atomic E-state index is 12.0. The van der Waals surface area contributed by atoms with E-state index in [-0.39, 0.29) is 5.92 Å². The third kappa shape index (κ3) is 2.03. The molecular weight excluding hydrogens is 226 g/mol. The van der Waals surface area contributed by atoms with E-state index in [0.717, 1.165) is 31.4 Å². The van der Waals surface area contributed by atoms with E-state index in [0.29, 0.717) is 0 Å². The monoisotopic (exact) mass is 247 g/mol. The summed E-state index contributed by atoms with van der Waals surface area (Å²) in [5, 5.41) is 9.84. The van der Waals surface area contributed by atoms with Gasteiger partial charge in [0, 0.05) is 0 Å². The minimum absolute atomic E-state index is 0.244. The summed E-state index contributed by atoms with van der Waals surface area (Å²) in [6.45, 7) is 2.89. The zero-order valence-electron chi connectivity index (χ0n) is 11.1. The van der Waals surface area contributed by atoms with Crippen molar-refractivity contribution in [2.24, 2.45) is 5.92 Å². The first-order valence-electron chi connectivity index (χ1n) is 6.64. The predicted molar refractivity (Wildman–Crippen MR) is 71.4 cm³/mol. The Morgan fingerprint density at radius 2 is 2.00 bits per heavy atom. The zero-order valence-corrected chi connectivity index (χ0v) is 11.1. The predicted octanol–water partition coefficient (Wildman–Crippen LogP) is 2.72. The minimum Gasteiger partial charge on any atom is -0.480 e. The maximum absolute atomic E-state index is 12.0. The lowest BCUT2D eigenvalue weighted by Crippen LogP contribution is -2.52. The van der Waals surface area contributed by atoms with Gasteiger partial charge in [0.25, 0.3) is 0 Å². The summed E-state index contributed by atoms with van der Waals surface area (Å²) in [6.07, 6.45) is 2.98. The Balaban J connectivity index is 2.47. The second-order valence-electron chi connectivity index (χ2n) is 5.13. The van der Waals surface area contributed by atoms with Gasteiger partial charge in [0.15, 0.2) is 0 Å². The largest absolute Gasteiger partial charge is 0.480 e. The second kappa shape index (κ2) is 5.11. The van der Waals surface area contributed by atoms with Crippen molar-refractivity contribution in [3.8, 4) is 0 Å². The lowest BCUT2D eigenvalue weighted by atomic mass is 9.83. The molecule has 0 aromatic heterocycles. The highest BCUT2D eigenvalue weighted by Gasteiger charge is 2.54. The van der Waals surface area contributed by atoms with E-state index >= 15 is 0 Å². The number of hydrogen-bond acceptors (Lipinski definition) is 2. The van der Waals surface area contributed by atoms with Gasteiger partial charge in [-0.2, -0.15) is 0 Å². The first-order chi connectivity index (χ1) is 8.64. The van der Waals surface area contributed by atoms with Crippen LogP contribution >= 0.6 is 0 Å². The summed E-state index contributed by atoms with van der Waals surface area (Å²) in [7, 11) is 1.93. The van der Waals surface area contributed by atoms with Crippen LogP contribution < -0.4 is 0 Å². The van der Waals surface area contributed by atoms with Crippen molar-refractivity contribution < 1.29 is 9.90 Å². The van der Waals surface area contributed by atoms with E-state index in [1.807, 2.05) is 42.3 Å². The molecule has 1 unspecified atom stereocenters. The van der Waals surface area contributed by atoms with Crippen LogP contribution in [0.1, 0.15) is 31.7 Å². The van der Waals surface area contributed by atoms with E-state index in [1.165, 1.54) is 0 Å². The Kier molecular flexibility index (Phi) is 3.71. The van der Waals surface area contributed by atoms with Gasteiger partial charge in [0.2, 0.25) is 0 Å². The lowest BCUT2D eigenvalue weighted by molar-refractivity contribution is -0.153. The van der Waals surface area contributed by atoms with Crippen LogP contribution in [0.4, 0.5) is 0 Å². The number of carboxylic acid groups (broad SMARTS) is 1. The second-order valence-corrected chi connectivity index (χ2v) is 5.13. The molecule has 98 valence electrons. The van der Waals surface area contributed by atoms with Gasteiger partial charge in [0.1, 0.15) is 5.54 Å². The van der Waals surface area contributed by atoms with Crippen molar-refractivity contribution in [2.75, 3.05) is 13.6 Å². The fraction of sp³-hybridized carbons (Fsp3) is 0.533. The van der Waals surface area contributed by atoms with E-state index in [4.69, 9.17) is 0 Å². The standard InChI is InChI=1S/C15H21NO2/c1-3-11-16(2)15(14(17)18,13-9-10-13)12-7-5-4-6-8-12/h4-8,13H,3,9-11H2,1-2H3,(H,17,18). The molecule has 1 aromatic rings. The number of hydrogen-bond donors (Lipinski definition) is 1. The molecule has 1 saturated carbocycles. The highest BCUT2D eigenvalue weighted by Crippen LogP contribution is 2.49. The molecule has 0 saturated heterocycles. The third-order valence-corrected chi connectivity index (χ3v) is 3.87. The highest BCUT2D eigenvalue weighted by atomic mass is 16.4. The molecule has 1 fully saturated rings. The van der Waals surface area contributed by atoms with Crippen molar-refractivity contribution in [1.82, 2.24) is 4.90 Å². The normalized spacial score (nSPS) is 18.6. The average molecular weight is 247 g/mol. The fourth-order valence-electron chi connectivity index (χ4n) is 2.93. The van der Waals surface area contributed by atoms with Crippen LogP contribution in [0.5, 0.6) is 0 Å². The molecule has 18 heavy (non-hydrogen) atoms. The van der Waals surface area contributed by atoms with Crippen molar-refractivity contribution in [3.63, 3.8) is 0 Å². The van der Waals surface area contributed by atoms with E-state index in [9.17, 15) is 9.90 Å². The van der Waals surface area contributed by atoms with Crippen molar-refractivity contribution in [1.29, 1.82) is 0 Å². The molecule has 1 aliphatic carbocycles. The molecule has 1 N–H and O–H groups in total. The average Bonchev–Trinajstić information content (AvgIpc) is 3.16. The summed E-state index contributed by atoms with van der Waals surface area (Å²) in [4.78, 5) is 14.0. The molecule has 0 heterocycles. The smallest absolute Gasteiger partial charge is 0.329 e. The van der Waals surface area contributed by atoms with Gasteiger partial charge in [0.05, 0.1) is 0 Å². The van der Waals surface area contributed by atoms with Crippen molar-refractivity contribution in [3.05, 3.63) is 35.9 Å². The molecule has 0 aliphatic heterocycles. The first kappa shape index (κ1) is 13.1. The quantitative estimate of drug-likeness (QED) is 0.840. The number of rotatable bonds is 6. The SMILES string of the molecule is CCCN(C)C(C(=O)O)(c1ccccc1)C1CC1. The van der Waals surface area contributed by atoms with Crippen molar-refractivity contribution >= 4 is 5.97 Å². The number of nitrogens with zero attached hydrogens (tertiary/aromatic N) is 1. The summed E-state index contributed by atoms with van der Waals surface area (Å²) in [5.41, 5.74) is 0.0769. The van der Waals surface area contributed by atoms with Gasteiger partial charge < -0.3 is 5.11 Å². The number of benzene rings is 1. The Morgan fingerprint density at radius 1 is 1.39 bits per heavy atom. The number of likely N-dealkylation sites (N-methyl/N-ethyl adjacent to an activating group) is 1. The molecular formula is C15H21NO2. The molecule has 1 atom stereocenters. The van der Waals surface area contributed by atoms with Crippen LogP contribution in [0.15, 0.2) is 30.3 Å². The van der Waals surface area contributed by atoms with Gasteiger partial charge >= 0.3 is 5.97 Å². The molecule has 1 aromatic carbocycles. The summed E-state index contributed by atoms with van der Waals surface area (Å²) >= 11 is 0. The highest BCUT2D eigenvalue weighted by molar-refractivity contribution is 5.81. The van der Waals surface area contributed by atoms with Gasteiger partial charge in [-0.1, -0.05) is 37.3 Å². The Labute approximate surface area is 108 Å². The molecule has 0 spiro atoms. The molecule has 3 nitrogen and oxygen atoms in total. The molecule has 3 heteroatoms. The van der Waals surface area contributed by atoms with Crippen molar-refractivity contribution in [2.45, 2.75) is 31.7 Å². The molecule has 1 aliphatic rings. The number of carbonyl (C=O) groups is 1. The molecule has 0 radical (unpaired) electrons. The van der Waals surface area contributed by atoms with Crippen LogP contribution in [-0.2, 0) is 10.3 Å². The summed E-state index contributed by atoms with van der Waals surface area (Å²) in [6, 6.07) is 9.67. The molecule has 0 bridgehead atoms. The molecule has 0 amide bonds. The number of carboxylic acids is 1. The number of aliphatic carboxylic acids is 1. The Bertz CT molecular complexity index is 414. The van der Waals surface area contributed by atoms with Gasteiger partial charge in [-0.05, 0) is 44.3 Å². The third-order valence-electron chi connectivity index (χ3n) is 3.87. The van der Waals surface area contributed by atoms with E-state index < -0.39 is 11.5 Å². The first-order valence-corrected chi connectivity index (χ1v) is 6.64. The lowest BCUT2D eigenvalue weighted by Gasteiger charge is -2.39. The summed E-state index contributed by atoms with van der Waals surface area (Å²) < 4.78 is 0. The Hall–Kier alpha value is -1.35. The molecule has 2 rings (SSSR count). The van der Waals surface area contributed by atoms with Crippen LogP contribution in [0, 0.1) is 5.92 Å². The van der Waals surface area contributed by atoms with E-state index in [2.05, 4.69) is 6.92 Å². The van der Waals surface area contributed by atoms with Crippen LogP contribution in [-0.4, -0.2) is 29.6 Å². The van der Waals surface area contributed by atoms with Crippen LogP contribution in [0.2, 0.25) is 0 Å². The van der Waals surface area contributed by atoms with Gasteiger partial charge in [-0.15, -0.1) is 0 Å². The Morgan fingerprint density at radius 3 is 2.44 bits per heavy atom. The topological polar surface area (TPSA) is 40.5 Å². The maximum Gasteiger partial charge on any atom is 0.329 e. The van der Waals surface area contributed by atoms with Crippen LogP contribution in [0.25, 0.3) is 0 Å². The minimum atomic E-state index is -0.836. The van der Waals surface area contributed by atoms with Crippen LogP contribution in [0.3, 0.4) is 0 Å². The van der Waals surface area contributed by atoms with Gasteiger partial charge in [-0.25, -0.2) is 4.79 Å². The summed E-state index contributed by atoms with van der Waals surface area (Å²) in [5.74, 6) is -0.471. The van der Waals surface area contributed by atoms with Gasteiger partial charge in [-0.3, -0.25) is 4.90 Å².